The summed E-state index contributed by atoms with van der Waals surface area (Å²) in [6.07, 6.45) is 0.436. The quantitative estimate of drug-likeness (QED) is 0.335. The first-order valence-electron chi connectivity index (χ1n) is 12.4. The summed E-state index contributed by atoms with van der Waals surface area (Å²) in [6, 6.07) is 7.74. The van der Waals surface area contributed by atoms with Gasteiger partial charge in [0.1, 0.15) is 30.0 Å². The van der Waals surface area contributed by atoms with E-state index in [1.807, 2.05) is 30.3 Å². The molecule has 36 heavy (non-hydrogen) atoms. The van der Waals surface area contributed by atoms with Crippen LogP contribution in [0.4, 0.5) is 9.59 Å². The number of hydrogen-bond acceptors (Lipinski definition) is 8. The van der Waals surface area contributed by atoms with Crippen molar-refractivity contribution in [3.05, 3.63) is 35.9 Å². The van der Waals surface area contributed by atoms with Crippen LogP contribution in [-0.2, 0) is 35.1 Å². The second-order valence-electron chi connectivity index (χ2n) is 10.9. The van der Waals surface area contributed by atoms with E-state index >= 15 is 0 Å². The van der Waals surface area contributed by atoms with Crippen molar-refractivity contribution in [2.45, 2.75) is 110 Å². The predicted octanol–water partition coefficient (Wildman–Crippen LogP) is 5.54. The molecule has 1 aliphatic carbocycles. The summed E-state index contributed by atoms with van der Waals surface area (Å²) in [6.45, 7) is 9.93. The second kappa shape index (κ2) is 12.7. The molecule has 2 rings (SSSR count). The SMILES string of the molecule is CC(C)(C)OC(=O)N(C(=O)OC(C)(C)C)[C@@H](CCC(=O)OCc1ccccc1)C(=O)OC1CCCC1. The van der Waals surface area contributed by atoms with E-state index in [1.165, 1.54) is 0 Å². The van der Waals surface area contributed by atoms with Gasteiger partial charge in [-0.3, -0.25) is 4.79 Å². The van der Waals surface area contributed by atoms with Crippen molar-refractivity contribution in [1.29, 1.82) is 0 Å². The van der Waals surface area contributed by atoms with Gasteiger partial charge in [0, 0.05) is 6.42 Å². The molecule has 1 aliphatic rings. The highest BCUT2D eigenvalue weighted by Crippen LogP contribution is 2.25. The minimum atomic E-state index is -1.42. The molecule has 0 aromatic heterocycles. The molecule has 0 heterocycles. The van der Waals surface area contributed by atoms with Crippen molar-refractivity contribution in [2.24, 2.45) is 0 Å². The topological polar surface area (TPSA) is 108 Å². The largest absolute Gasteiger partial charge is 0.461 e. The van der Waals surface area contributed by atoms with Crippen LogP contribution in [-0.4, -0.2) is 52.4 Å². The van der Waals surface area contributed by atoms with Gasteiger partial charge in [-0.2, -0.15) is 4.90 Å². The van der Waals surface area contributed by atoms with Crippen LogP contribution in [0.25, 0.3) is 0 Å². The first-order chi connectivity index (χ1) is 16.7. The van der Waals surface area contributed by atoms with E-state index in [0.29, 0.717) is 17.7 Å². The molecule has 9 heteroatoms. The molecule has 1 fully saturated rings. The Balaban J connectivity index is 2.23. The lowest BCUT2D eigenvalue weighted by molar-refractivity contribution is -0.156. The second-order valence-corrected chi connectivity index (χ2v) is 10.9. The Morgan fingerprint density at radius 1 is 0.889 bits per heavy atom. The predicted molar refractivity (Wildman–Crippen MR) is 132 cm³/mol. The van der Waals surface area contributed by atoms with Gasteiger partial charge in [0.05, 0.1) is 0 Å². The van der Waals surface area contributed by atoms with Gasteiger partial charge in [-0.25, -0.2) is 14.4 Å². The molecule has 200 valence electrons. The van der Waals surface area contributed by atoms with Crippen molar-refractivity contribution in [1.82, 2.24) is 4.90 Å². The summed E-state index contributed by atoms with van der Waals surface area (Å²) in [5.74, 6) is -1.36. The third kappa shape index (κ3) is 10.3. The molecular weight excluding hydrogens is 466 g/mol. The van der Waals surface area contributed by atoms with Crippen molar-refractivity contribution >= 4 is 24.1 Å². The Morgan fingerprint density at radius 2 is 1.42 bits per heavy atom. The fourth-order valence-corrected chi connectivity index (χ4v) is 3.62. The number of benzene rings is 1. The summed E-state index contributed by atoms with van der Waals surface area (Å²) >= 11 is 0. The standard InChI is InChI=1S/C27H39NO8/c1-26(2,3)35-24(31)28(25(32)36-27(4,5)6)21(23(30)34-20-14-10-11-15-20)16-17-22(29)33-18-19-12-8-7-9-13-19/h7-9,12-13,20-21H,10-11,14-18H2,1-6H3/t21-/m0/s1. The van der Waals surface area contributed by atoms with E-state index < -0.39 is 41.4 Å². The average Bonchev–Trinajstić information content (AvgIpc) is 3.26. The molecule has 0 saturated heterocycles. The summed E-state index contributed by atoms with van der Waals surface area (Å²) in [4.78, 5) is 52.6. The number of amides is 2. The first-order valence-corrected chi connectivity index (χ1v) is 12.4. The molecule has 1 atom stereocenters. The maximum atomic E-state index is 13.2. The van der Waals surface area contributed by atoms with E-state index in [4.69, 9.17) is 18.9 Å². The number of esters is 2. The Bertz CT molecular complexity index is 867. The summed E-state index contributed by atoms with van der Waals surface area (Å²) < 4.78 is 21.8. The lowest BCUT2D eigenvalue weighted by Crippen LogP contribution is -2.53. The molecule has 1 aromatic carbocycles. The first kappa shape index (κ1) is 29.1. The third-order valence-corrected chi connectivity index (χ3v) is 5.21. The molecule has 1 aromatic rings. The van der Waals surface area contributed by atoms with E-state index in [-0.39, 0.29) is 25.6 Å². The maximum Gasteiger partial charge on any atom is 0.420 e. The van der Waals surface area contributed by atoms with Gasteiger partial charge >= 0.3 is 24.1 Å². The number of imide groups is 1. The van der Waals surface area contributed by atoms with E-state index in [1.54, 1.807) is 41.5 Å². The monoisotopic (exact) mass is 505 g/mol. The van der Waals surface area contributed by atoms with Gasteiger partial charge < -0.3 is 18.9 Å². The van der Waals surface area contributed by atoms with Crippen LogP contribution in [0.2, 0.25) is 0 Å². The van der Waals surface area contributed by atoms with Crippen molar-refractivity contribution < 1.29 is 38.1 Å². The van der Waals surface area contributed by atoms with Gasteiger partial charge in [0.15, 0.2) is 0 Å². The van der Waals surface area contributed by atoms with Crippen LogP contribution >= 0.6 is 0 Å². The number of nitrogens with zero attached hydrogens (tertiary/aromatic N) is 1. The highest BCUT2D eigenvalue weighted by Gasteiger charge is 2.42. The Labute approximate surface area is 213 Å². The van der Waals surface area contributed by atoms with Crippen molar-refractivity contribution in [3.63, 3.8) is 0 Å². The summed E-state index contributed by atoms with van der Waals surface area (Å²) in [5.41, 5.74) is -1.07. The molecule has 0 N–H and O–H groups in total. The fourth-order valence-electron chi connectivity index (χ4n) is 3.62. The molecule has 9 nitrogen and oxygen atoms in total. The molecule has 0 unspecified atom stereocenters. The molecular formula is C27H39NO8. The minimum Gasteiger partial charge on any atom is -0.461 e. The molecule has 1 saturated carbocycles. The molecule has 2 amide bonds. The average molecular weight is 506 g/mol. The summed E-state index contributed by atoms with van der Waals surface area (Å²) in [7, 11) is 0. The molecule has 0 radical (unpaired) electrons. The zero-order valence-electron chi connectivity index (χ0n) is 22.2. The number of hydrogen-bond donors (Lipinski definition) is 0. The lowest BCUT2D eigenvalue weighted by atomic mass is 10.1. The Kier molecular flexibility index (Phi) is 10.3. The van der Waals surface area contributed by atoms with Gasteiger partial charge in [-0.05, 0) is 79.2 Å². The number of carbonyl (C=O) groups is 4. The molecule has 0 aliphatic heterocycles. The van der Waals surface area contributed by atoms with Gasteiger partial charge in [0.2, 0.25) is 0 Å². The normalized spacial score (nSPS) is 15.1. The Hall–Kier alpha value is -3.10. The van der Waals surface area contributed by atoms with Crippen LogP contribution in [0.1, 0.15) is 85.6 Å². The van der Waals surface area contributed by atoms with Crippen LogP contribution in [0, 0.1) is 0 Å². The lowest BCUT2D eigenvalue weighted by Gasteiger charge is -2.32. The highest BCUT2D eigenvalue weighted by molar-refractivity contribution is 5.94. The maximum absolute atomic E-state index is 13.2. The Morgan fingerprint density at radius 3 is 1.92 bits per heavy atom. The van der Waals surface area contributed by atoms with Crippen LogP contribution in [0.5, 0.6) is 0 Å². The van der Waals surface area contributed by atoms with Crippen LogP contribution < -0.4 is 0 Å². The van der Waals surface area contributed by atoms with Gasteiger partial charge in [-0.15, -0.1) is 0 Å². The smallest absolute Gasteiger partial charge is 0.420 e. The molecule has 0 spiro atoms. The fraction of sp³-hybridized carbons (Fsp3) is 0.630. The third-order valence-electron chi connectivity index (χ3n) is 5.21. The number of carbonyl (C=O) groups excluding carboxylic acids is 4. The van der Waals surface area contributed by atoms with Gasteiger partial charge in [-0.1, -0.05) is 30.3 Å². The van der Waals surface area contributed by atoms with Crippen LogP contribution in [0.3, 0.4) is 0 Å². The minimum absolute atomic E-state index is 0.0682. The van der Waals surface area contributed by atoms with E-state index in [9.17, 15) is 19.2 Å². The zero-order valence-corrected chi connectivity index (χ0v) is 22.2. The van der Waals surface area contributed by atoms with Gasteiger partial charge in [0.25, 0.3) is 0 Å². The van der Waals surface area contributed by atoms with E-state index in [2.05, 4.69) is 0 Å². The zero-order chi connectivity index (χ0) is 26.9. The van der Waals surface area contributed by atoms with Crippen molar-refractivity contribution in [3.8, 4) is 0 Å². The van der Waals surface area contributed by atoms with Crippen molar-refractivity contribution in [2.75, 3.05) is 0 Å². The number of ether oxygens (including phenoxy) is 4. The molecule has 0 bridgehead atoms. The van der Waals surface area contributed by atoms with Crippen LogP contribution in [0.15, 0.2) is 30.3 Å². The number of rotatable bonds is 8. The van der Waals surface area contributed by atoms with E-state index in [0.717, 1.165) is 18.4 Å². The highest BCUT2D eigenvalue weighted by atomic mass is 16.6. The summed E-state index contributed by atoms with van der Waals surface area (Å²) in [5, 5.41) is 0.